The number of nitrogens with zero attached hydrogens (tertiary/aromatic N) is 1. The molecule has 0 unspecified atom stereocenters. The summed E-state index contributed by atoms with van der Waals surface area (Å²) < 4.78 is 0.843. The highest BCUT2D eigenvalue weighted by Gasteiger charge is 2.13. The zero-order chi connectivity index (χ0) is 16.3. The Morgan fingerprint density at radius 1 is 1.14 bits per heavy atom. The standard InChI is InChI=1S/C13H8BrCl2N3O2S/c14-7-1-4-11(10(16)5-7)18-13(22)17-8-2-3-9(15)12(6-8)19(20)21/h1-6H,(H2,17,18,22). The van der Waals surface area contributed by atoms with Crippen molar-refractivity contribution in [1.29, 1.82) is 0 Å². The largest absolute Gasteiger partial charge is 0.332 e. The van der Waals surface area contributed by atoms with E-state index in [1.54, 1.807) is 18.2 Å². The molecule has 0 heterocycles. The summed E-state index contributed by atoms with van der Waals surface area (Å²) >= 11 is 20.3. The summed E-state index contributed by atoms with van der Waals surface area (Å²) in [6, 6.07) is 9.61. The summed E-state index contributed by atoms with van der Waals surface area (Å²) in [6.45, 7) is 0. The first-order chi connectivity index (χ1) is 10.4. The molecule has 2 N–H and O–H groups in total. The van der Waals surface area contributed by atoms with Crippen LogP contribution < -0.4 is 10.6 Å². The molecule has 0 saturated heterocycles. The van der Waals surface area contributed by atoms with Crippen molar-refractivity contribution < 1.29 is 4.92 Å². The lowest BCUT2D eigenvalue weighted by molar-refractivity contribution is -0.384. The molecule has 0 saturated carbocycles. The molecule has 0 aliphatic carbocycles. The van der Waals surface area contributed by atoms with E-state index in [2.05, 4.69) is 26.6 Å². The topological polar surface area (TPSA) is 67.2 Å². The molecule has 114 valence electrons. The minimum atomic E-state index is -0.560. The second-order valence-corrected chi connectivity index (χ2v) is 6.26. The molecule has 2 aromatic carbocycles. The monoisotopic (exact) mass is 419 g/mol. The summed E-state index contributed by atoms with van der Waals surface area (Å²) in [7, 11) is 0. The van der Waals surface area contributed by atoms with Gasteiger partial charge in [0.05, 0.1) is 15.6 Å². The molecular formula is C13H8BrCl2N3O2S. The van der Waals surface area contributed by atoms with Crippen molar-refractivity contribution in [2.24, 2.45) is 0 Å². The highest BCUT2D eigenvalue weighted by molar-refractivity contribution is 9.10. The molecule has 22 heavy (non-hydrogen) atoms. The molecule has 0 aliphatic rings. The maximum absolute atomic E-state index is 10.9. The van der Waals surface area contributed by atoms with Crippen LogP contribution in [0.2, 0.25) is 10.0 Å². The first-order valence-electron chi connectivity index (χ1n) is 5.84. The van der Waals surface area contributed by atoms with Gasteiger partial charge >= 0.3 is 0 Å². The highest BCUT2D eigenvalue weighted by Crippen LogP contribution is 2.28. The smallest absolute Gasteiger partial charge is 0.289 e. The van der Waals surface area contributed by atoms with E-state index in [0.717, 1.165) is 4.47 Å². The number of nitro groups is 1. The van der Waals surface area contributed by atoms with E-state index in [-0.39, 0.29) is 15.8 Å². The number of thiocarbonyl (C=S) groups is 1. The SMILES string of the molecule is O=[N+]([O-])c1cc(NC(=S)Nc2ccc(Br)cc2Cl)ccc1Cl. The number of anilines is 2. The molecule has 0 aliphatic heterocycles. The lowest BCUT2D eigenvalue weighted by Crippen LogP contribution is -2.19. The van der Waals surface area contributed by atoms with Gasteiger partial charge in [-0.2, -0.15) is 0 Å². The van der Waals surface area contributed by atoms with Gasteiger partial charge in [-0.05, 0) is 42.5 Å². The van der Waals surface area contributed by atoms with E-state index >= 15 is 0 Å². The quantitative estimate of drug-likeness (QED) is 0.391. The van der Waals surface area contributed by atoms with Crippen molar-refractivity contribution in [2.45, 2.75) is 0 Å². The van der Waals surface area contributed by atoms with Gasteiger partial charge in [0.2, 0.25) is 0 Å². The van der Waals surface area contributed by atoms with Gasteiger partial charge in [0.25, 0.3) is 5.69 Å². The van der Waals surface area contributed by atoms with E-state index in [1.165, 1.54) is 12.1 Å². The van der Waals surface area contributed by atoms with Gasteiger partial charge in [-0.1, -0.05) is 39.1 Å². The Kier molecular flexibility index (Phi) is 5.57. The van der Waals surface area contributed by atoms with Crippen molar-refractivity contribution >= 4 is 73.5 Å². The molecule has 0 atom stereocenters. The molecule has 5 nitrogen and oxygen atoms in total. The van der Waals surface area contributed by atoms with Crippen LogP contribution in [0.25, 0.3) is 0 Å². The van der Waals surface area contributed by atoms with Gasteiger partial charge in [0.1, 0.15) is 5.02 Å². The Bertz CT molecular complexity index is 758. The van der Waals surface area contributed by atoms with Crippen molar-refractivity contribution in [3.05, 3.63) is 61.0 Å². The van der Waals surface area contributed by atoms with Gasteiger partial charge in [-0.3, -0.25) is 10.1 Å². The molecule has 0 radical (unpaired) electrons. The average Bonchev–Trinajstić information content (AvgIpc) is 2.44. The highest BCUT2D eigenvalue weighted by atomic mass is 79.9. The van der Waals surface area contributed by atoms with E-state index in [9.17, 15) is 10.1 Å². The predicted octanol–water partition coefficient (Wildman–Crippen LogP) is 5.47. The Morgan fingerprint density at radius 2 is 1.86 bits per heavy atom. The molecule has 0 spiro atoms. The second-order valence-electron chi connectivity index (χ2n) is 4.13. The predicted molar refractivity (Wildman–Crippen MR) is 97.1 cm³/mol. The number of benzene rings is 2. The molecule has 9 heteroatoms. The second kappa shape index (κ2) is 7.23. The van der Waals surface area contributed by atoms with Crippen LogP contribution in [0.5, 0.6) is 0 Å². The van der Waals surface area contributed by atoms with Crippen molar-refractivity contribution in [3.8, 4) is 0 Å². The fourth-order valence-corrected chi connectivity index (χ4v) is 2.74. The third kappa shape index (κ3) is 4.30. The van der Waals surface area contributed by atoms with E-state index in [4.69, 9.17) is 35.4 Å². The van der Waals surface area contributed by atoms with Gasteiger partial charge < -0.3 is 10.6 Å². The Morgan fingerprint density at radius 3 is 2.50 bits per heavy atom. The van der Waals surface area contributed by atoms with Crippen LogP contribution in [-0.4, -0.2) is 10.0 Å². The lowest BCUT2D eigenvalue weighted by Gasteiger charge is -2.12. The van der Waals surface area contributed by atoms with Crippen LogP contribution in [0.15, 0.2) is 40.9 Å². The molecule has 0 fully saturated rings. The van der Waals surface area contributed by atoms with E-state index < -0.39 is 4.92 Å². The number of halogens is 3. The number of hydrogen-bond acceptors (Lipinski definition) is 3. The Balaban J connectivity index is 2.12. The molecule has 2 rings (SSSR count). The Hall–Kier alpha value is -1.41. The van der Waals surface area contributed by atoms with Gasteiger partial charge in [-0.25, -0.2) is 0 Å². The fourth-order valence-electron chi connectivity index (χ4n) is 1.61. The fraction of sp³-hybridized carbons (Fsp3) is 0. The van der Waals surface area contributed by atoms with Crippen molar-refractivity contribution in [1.82, 2.24) is 0 Å². The molecular weight excluding hydrogens is 413 g/mol. The van der Waals surface area contributed by atoms with E-state index in [1.807, 2.05) is 6.07 Å². The number of rotatable bonds is 3. The van der Waals surface area contributed by atoms with Gasteiger partial charge in [0.15, 0.2) is 5.11 Å². The third-order valence-corrected chi connectivity index (χ3v) is 3.91. The number of nitrogens with one attached hydrogen (secondary N) is 2. The number of nitro benzene ring substituents is 1. The van der Waals surface area contributed by atoms with E-state index in [0.29, 0.717) is 16.4 Å². The van der Waals surface area contributed by atoms with Crippen LogP contribution in [0.3, 0.4) is 0 Å². The summed E-state index contributed by atoms with van der Waals surface area (Å²) in [5.41, 5.74) is 0.865. The molecule has 2 aromatic rings. The number of hydrogen-bond donors (Lipinski definition) is 2. The van der Waals surface area contributed by atoms with Crippen LogP contribution in [0.4, 0.5) is 17.1 Å². The zero-order valence-electron chi connectivity index (χ0n) is 10.8. The third-order valence-electron chi connectivity index (χ3n) is 2.58. The first-order valence-corrected chi connectivity index (χ1v) is 7.79. The summed E-state index contributed by atoms with van der Waals surface area (Å²) in [4.78, 5) is 10.3. The maximum atomic E-state index is 10.9. The summed E-state index contributed by atoms with van der Waals surface area (Å²) in [6.07, 6.45) is 0. The van der Waals surface area contributed by atoms with Gasteiger partial charge in [0, 0.05) is 16.2 Å². The maximum Gasteiger partial charge on any atom is 0.289 e. The van der Waals surface area contributed by atoms with Crippen LogP contribution in [0, 0.1) is 10.1 Å². The molecule has 0 aromatic heterocycles. The minimum absolute atomic E-state index is 0.0605. The zero-order valence-corrected chi connectivity index (χ0v) is 14.7. The van der Waals surface area contributed by atoms with Crippen LogP contribution >= 0.6 is 51.3 Å². The summed E-state index contributed by atoms with van der Waals surface area (Å²) in [5, 5.41) is 17.4. The molecule has 0 amide bonds. The lowest BCUT2D eigenvalue weighted by atomic mass is 10.3. The summed E-state index contributed by atoms with van der Waals surface area (Å²) in [5.74, 6) is 0. The van der Waals surface area contributed by atoms with Crippen LogP contribution in [0.1, 0.15) is 0 Å². The molecule has 0 bridgehead atoms. The normalized spacial score (nSPS) is 10.1. The van der Waals surface area contributed by atoms with Crippen molar-refractivity contribution in [3.63, 3.8) is 0 Å². The van der Waals surface area contributed by atoms with Gasteiger partial charge in [-0.15, -0.1) is 0 Å². The Labute approximate surface area is 149 Å². The van der Waals surface area contributed by atoms with Crippen molar-refractivity contribution in [2.75, 3.05) is 10.6 Å². The average molecular weight is 421 g/mol. The minimum Gasteiger partial charge on any atom is -0.332 e. The first kappa shape index (κ1) is 17.0. The van der Waals surface area contributed by atoms with Crippen LogP contribution in [-0.2, 0) is 0 Å².